The van der Waals surface area contributed by atoms with Gasteiger partial charge in [-0.05, 0) is 36.2 Å². The van der Waals surface area contributed by atoms with Crippen molar-refractivity contribution in [3.63, 3.8) is 0 Å². The second-order valence-electron chi connectivity index (χ2n) is 7.48. The molecule has 0 spiro atoms. The molecule has 5 rings (SSSR count). The molecular weight excluding hydrogens is 450 g/mol. The summed E-state index contributed by atoms with van der Waals surface area (Å²) in [6.07, 6.45) is 2.95. The number of hydrogen-bond donors (Lipinski definition) is 1. The van der Waals surface area contributed by atoms with Gasteiger partial charge in [0.25, 0.3) is 0 Å². The lowest BCUT2D eigenvalue weighted by molar-refractivity contribution is -0.383. The van der Waals surface area contributed by atoms with Crippen LogP contribution in [0.15, 0.2) is 79.3 Å². The molecule has 5 aromatic rings. The number of nitro groups is 1. The summed E-state index contributed by atoms with van der Waals surface area (Å²) in [7, 11) is 0. The molecule has 0 saturated heterocycles. The van der Waals surface area contributed by atoms with E-state index in [4.69, 9.17) is 0 Å². The SMILES string of the molecule is Cc1cccc2sc(Nc3ncnc(N(Cc4ccccc4)c4ccccn4)c3[N+](=O)[O-])nc12. The Morgan fingerprint density at radius 1 is 1.00 bits per heavy atom. The van der Waals surface area contributed by atoms with Gasteiger partial charge in [0.15, 0.2) is 5.13 Å². The number of nitrogens with zero attached hydrogens (tertiary/aromatic N) is 6. The molecular formula is C24H19N7O2S. The van der Waals surface area contributed by atoms with Gasteiger partial charge < -0.3 is 10.2 Å². The molecule has 0 unspecified atom stereocenters. The first kappa shape index (κ1) is 21.4. The van der Waals surface area contributed by atoms with Crippen LogP contribution >= 0.6 is 11.3 Å². The smallest absolute Gasteiger partial charge is 0.310 e. The molecule has 0 saturated carbocycles. The van der Waals surface area contributed by atoms with Crippen LogP contribution < -0.4 is 10.2 Å². The van der Waals surface area contributed by atoms with E-state index in [1.54, 1.807) is 23.2 Å². The summed E-state index contributed by atoms with van der Waals surface area (Å²) >= 11 is 1.41. The van der Waals surface area contributed by atoms with Gasteiger partial charge in [0.1, 0.15) is 12.1 Å². The molecule has 0 bridgehead atoms. The van der Waals surface area contributed by atoms with Crippen molar-refractivity contribution < 1.29 is 4.92 Å². The van der Waals surface area contributed by atoms with Crippen molar-refractivity contribution in [2.24, 2.45) is 0 Å². The summed E-state index contributed by atoms with van der Waals surface area (Å²) in [4.78, 5) is 31.0. The molecule has 168 valence electrons. The Hall–Kier alpha value is -4.44. The summed E-state index contributed by atoms with van der Waals surface area (Å²) in [5.41, 5.74) is 2.59. The number of aryl methyl sites for hydroxylation is 1. The minimum atomic E-state index is -0.475. The van der Waals surface area contributed by atoms with Gasteiger partial charge >= 0.3 is 5.69 Å². The van der Waals surface area contributed by atoms with Gasteiger partial charge in [-0.25, -0.2) is 19.9 Å². The van der Waals surface area contributed by atoms with Crippen molar-refractivity contribution in [2.75, 3.05) is 10.2 Å². The van der Waals surface area contributed by atoms with E-state index in [9.17, 15) is 10.1 Å². The predicted molar refractivity (Wildman–Crippen MR) is 133 cm³/mol. The summed E-state index contributed by atoms with van der Waals surface area (Å²) in [5.74, 6) is 0.748. The van der Waals surface area contributed by atoms with Crippen molar-refractivity contribution in [3.05, 3.63) is 100 Å². The zero-order chi connectivity index (χ0) is 23.5. The van der Waals surface area contributed by atoms with E-state index in [1.807, 2.05) is 61.5 Å². The zero-order valence-electron chi connectivity index (χ0n) is 18.1. The van der Waals surface area contributed by atoms with Gasteiger partial charge in [-0.1, -0.05) is 59.9 Å². The standard InChI is InChI=1S/C24H19N7O2S/c1-16-8-7-11-18-20(16)28-24(34-18)29-22-21(31(32)33)23(27-15-26-22)30(19-12-5-6-13-25-19)14-17-9-3-2-4-10-17/h2-13,15H,14H2,1H3,(H,26,27,28,29). The summed E-state index contributed by atoms with van der Waals surface area (Å²) < 4.78 is 0.985. The van der Waals surface area contributed by atoms with Gasteiger partial charge in [0.2, 0.25) is 11.6 Å². The summed E-state index contributed by atoms with van der Waals surface area (Å²) in [6.45, 7) is 2.32. The quantitative estimate of drug-likeness (QED) is 0.236. The lowest BCUT2D eigenvalue weighted by atomic mass is 10.2. The number of para-hydroxylation sites is 1. The molecule has 1 N–H and O–H groups in total. The predicted octanol–water partition coefficient (Wildman–Crippen LogP) is 5.78. The van der Waals surface area contributed by atoms with Gasteiger partial charge in [0.05, 0.1) is 21.7 Å². The molecule has 0 aliphatic rings. The zero-order valence-corrected chi connectivity index (χ0v) is 18.9. The van der Waals surface area contributed by atoms with Gasteiger partial charge in [-0.15, -0.1) is 0 Å². The first-order valence-corrected chi connectivity index (χ1v) is 11.3. The van der Waals surface area contributed by atoms with Gasteiger partial charge in [0, 0.05) is 6.20 Å². The average molecular weight is 470 g/mol. The van der Waals surface area contributed by atoms with Crippen LogP contribution in [-0.2, 0) is 6.54 Å². The van der Waals surface area contributed by atoms with Crippen molar-refractivity contribution in [1.29, 1.82) is 0 Å². The van der Waals surface area contributed by atoms with Crippen LogP contribution in [0.4, 0.5) is 28.3 Å². The number of hydrogen-bond acceptors (Lipinski definition) is 9. The second-order valence-corrected chi connectivity index (χ2v) is 8.51. The number of anilines is 4. The Kier molecular flexibility index (Phi) is 5.79. The van der Waals surface area contributed by atoms with E-state index in [2.05, 4.69) is 25.3 Å². The van der Waals surface area contributed by atoms with Gasteiger partial charge in [-0.2, -0.15) is 0 Å². The molecule has 9 nitrogen and oxygen atoms in total. The van der Waals surface area contributed by atoms with E-state index in [-0.39, 0.29) is 17.3 Å². The largest absolute Gasteiger partial charge is 0.354 e. The van der Waals surface area contributed by atoms with Crippen LogP contribution in [0, 0.1) is 17.0 Å². The van der Waals surface area contributed by atoms with Crippen LogP contribution in [-0.4, -0.2) is 24.9 Å². The van der Waals surface area contributed by atoms with E-state index in [0.29, 0.717) is 17.5 Å². The van der Waals surface area contributed by atoms with Crippen molar-refractivity contribution in [3.8, 4) is 0 Å². The Balaban J connectivity index is 1.60. The average Bonchev–Trinajstić information content (AvgIpc) is 3.27. The highest BCUT2D eigenvalue weighted by Crippen LogP contribution is 2.38. The Morgan fingerprint density at radius 3 is 2.56 bits per heavy atom. The molecule has 0 atom stereocenters. The van der Waals surface area contributed by atoms with E-state index >= 15 is 0 Å². The number of nitrogens with one attached hydrogen (secondary N) is 1. The molecule has 10 heteroatoms. The highest BCUT2D eigenvalue weighted by atomic mass is 32.1. The lowest BCUT2D eigenvalue weighted by Crippen LogP contribution is -2.21. The molecule has 2 aromatic carbocycles. The van der Waals surface area contributed by atoms with E-state index < -0.39 is 4.92 Å². The fraction of sp³-hybridized carbons (Fsp3) is 0.0833. The number of pyridine rings is 1. The minimum absolute atomic E-state index is 0.0701. The molecule has 3 heterocycles. The Labute approximate surface area is 198 Å². The van der Waals surface area contributed by atoms with Crippen LogP contribution in [0.1, 0.15) is 11.1 Å². The topological polar surface area (TPSA) is 110 Å². The fourth-order valence-corrected chi connectivity index (χ4v) is 4.55. The molecule has 0 amide bonds. The third-order valence-electron chi connectivity index (χ3n) is 5.20. The maximum Gasteiger partial charge on any atom is 0.354 e. The van der Waals surface area contributed by atoms with Crippen LogP contribution in [0.3, 0.4) is 0 Å². The molecule has 0 radical (unpaired) electrons. The van der Waals surface area contributed by atoms with E-state index in [0.717, 1.165) is 21.3 Å². The first-order valence-electron chi connectivity index (χ1n) is 10.5. The molecule has 0 fully saturated rings. The normalized spacial score (nSPS) is 10.9. The van der Waals surface area contributed by atoms with Crippen molar-refractivity contribution in [1.82, 2.24) is 19.9 Å². The Morgan fingerprint density at radius 2 is 1.82 bits per heavy atom. The van der Waals surface area contributed by atoms with Crippen molar-refractivity contribution >= 4 is 49.8 Å². The summed E-state index contributed by atoms with van der Waals surface area (Å²) in [5, 5.41) is 15.8. The third kappa shape index (κ3) is 4.26. The first-order chi connectivity index (χ1) is 16.6. The number of fused-ring (bicyclic) bond motifs is 1. The van der Waals surface area contributed by atoms with E-state index in [1.165, 1.54) is 17.7 Å². The second kappa shape index (κ2) is 9.20. The minimum Gasteiger partial charge on any atom is -0.310 e. The fourth-order valence-electron chi connectivity index (χ4n) is 3.61. The lowest BCUT2D eigenvalue weighted by Gasteiger charge is -2.23. The monoisotopic (exact) mass is 469 g/mol. The maximum absolute atomic E-state index is 12.3. The molecule has 0 aliphatic carbocycles. The molecule has 34 heavy (non-hydrogen) atoms. The highest BCUT2D eigenvalue weighted by Gasteiger charge is 2.29. The third-order valence-corrected chi connectivity index (χ3v) is 6.13. The Bertz CT molecular complexity index is 1460. The number of thiazole rings is 1. The number of aromatic nitrogens is 4. The van der Waals surface area contributed by atoms with Crippen LogP contribution in [0.5, 0.6) is 0 Å². The van der Waals surface area contributed by atoms with Crippen LogP contribution in [0.25, 0.3) is 10.2 Å². The summed E-state index contributed by atoms with van der Waals surface area (Å²) in [6, 6.07) is 21.0. The maximum atomic E-state index is 12.3. The van der Waals surface area contributed by atoms with Crippen LogP contribution in [0.2, 0.25) is 0 Å². The molecule has 3 aromatic heterocycles. The van der Waals surface area contributed by atoms with Crippen molar-refractivity contribution in [2.45, 2.75) is 13.5 Å². The number of rotatable bonds is 7. The number of benzene rings is 2. The van der Waals surface area contributed by atoms with Gasteiger partial charge in [-0.3, -0.25) is 10.1 Å². The highest BCUT2D eigenvalue weighted by molar-refractivity contribution is 7.22. The molecule has 0 aliphatic heterocycles.